The molecule has 0 aliphatic heterocycles. The molecule has 3 rings (SSSR count). The molecule has 0 bridgehead atoms. The number of rotatable bonds is 4. The van der Waals surface area contributed by atoms with Gasteiger partial charge in [-0.05, 0) is 31.2 Å². The largest absolute Gasteiger partial charge is 0.377 e. The molecule has 4 nitrogen and oxygen atoms in total. The number of anilines is 1. The standard InChI is InChI=1S/C16H15FN4/c1-11-5-4-8-15(20-11)16-19-10-12(21-16)9-18-14-7-3-2-6-13(14)17/h2-8,10,18H,9H2,1H3,(H,19,21). The zero-order valence-corrected chi connectivity index (χ0v) is 11.6. The quantitative estimate of drug-likeness (QED) is 0.769. The fourth-order valence-corrected chi connectivity index (χ4v) is 2.05. The summed E-state index contributed by atoms with van der Waals surface area (Å²) in [6, 6.07) is 12.4. The van der Waals surface area contributed by atoms with Gasteiger partial charge < -0.3 is 10.3 Å². The number of aromatic nitrogens is 3. The lowest BCUT2D eigenvalue weighted by Crippen LogP contribution is -2.01. The summed E-state index contributed by atoms with van der Waals surface area (Å²) in [6.45, 7) is 2.39. The summed E-state index contributed by atoms with van der Waals surface area (Å²) in [5, 5.41) is 3.03. The van der Waals surface area contributed by atoms with E-state index < -0.39 is 0 Å². The molecule has 3 aromatic rings. The van der Waals surface area contributed by atoms with Crippen LogP contribution in [0.2, 0.25) is 0 Å². The molecule has 21 heavy (non-hydrogen) atoms. The molecule has 0 spiro atoms. The molecule has 1 aromatic carbocycles. The van der Waals surface area contributed by atoms with Crippen LogP contribution in [0, 0.1) is 12.7 Å². The molecule has 2 heterocycles. The summed E-state index contributed by atoms with van der Waals surface area (Å²) in [5.74, 6) is 0.442. The van der Waals surface area contributed by atoms with E-state index in [9.17, 15) is 4.39 Å². The van der Waals surface area contributed by atoms with Crippen LogP contribution in [0.25, 0.3) is 11.5 Å². The van der Waals surface area contributed by atoms with E-state index in [-0.39, 0.29) is 5.82 Å². The van der Waals surface area contributed by atoms with E-state index in [0.717, 1.165) is 17.1 Å². The van der Waals surface area contributed by atoms with Gasteiger partial charge in [-0.25, -0.2) is 14.4 Å². The number of hydrogen-bond donors (Lipinski definition) is 2. The van der Waals surface area contributed by atoms with Gasteiger partial charge in [0, 0.05) is 11.9 Å². The van der Waals surface area contributed by atoms with E-state index >= 15 is 0 Å². The first-order valence-corrected chi connectivity index (χ1v) is 6.69. The Kier molecular flexibility index (Phi) is 3.64. The molecule has 0 aliphatic carbocycles. The highest BCUT2D eigenvalue weighted by molar-refractivity contribution is 5.50. The van der Waals surface area contributed by atoms with Crippen molar-refractivity contribution in [2.24, 2.45) is 0 Å². The number of nitrogens with zero attached hydrogens (tertiary/aromatic N) is 2. The van der Waals surface area contributed by atoms with Gasteiger partial charge in [-0.1, -0.05) is 18.2 Å². The summed E-state index contributed by atoms with van der Waals surface area (Å²) >= 11 is 0. The number of pyridine rings is 1. The van der Waals surface area contributed by atoms with Crippen molar-refractivity contribution in [1.29, 1.82) is 0 Å². The van der Waals surface area contributed by atoms with Gasteiger partial charge in [-0.2, -0.15) is 0 Å². The number of halogens is 1. The third-order valence-corrected chi connectivity index (χ3v) is 3.10. The average Bonchev–Trinajstić information content (AvgIpc) is 2.95. The molecule has 0 fully saturated rings. The van der Waals surface area contributed by atoms with Crippen molar-refractivity contribution < 1.29 is 4.39 Å². The van der Waals surface area contributed by atoms with E-state index in [2.05, 4.69) is 20.3 Å². The highest BCUT2D eigenvalue weighted by Gasteiger charge is 2.06. The maximum absolute atomic E-state index is 13.5. The maximum atomic E-state index is 13.5. The monoisotopic (exact) mass is 282 g/mol. The molecule has 2 aromatic heterocycles. The van der Waals surface area contributed by atoms with E-state index in [1.54, 1.807) is 24.4 Å². The topological polar surface area (TPSA) is 53.6 Å². The Bertz CT molecular complexity index is 751. The molecule has 0 radical (unpaired) electrons. The Morgan fingerprint density at radius 3 is 2.76 bits per heavy atom. The molecule has 5 heteroatoms. The van der Waals surface area contributed by atoms with E-state index in [1.807, 2.05) is 25.1 Å². The average molecular weight is 282 g/mol. The van der Waals surface area contributed by atoms with Crippen LogP contribution in [0.3, 0.4) is 0 Å². The second-order valence-corrected chi connectivity index (χ2v) is 4.74. The first kappa shape index (κ1) is 13.3. The number of benzene rings is 1. The predicted octanol–water partition coefficient (Wildman–Crippen LogP) is 3.53. The molecular formula is C16H15FN4. The van der Waals surface area contributed by atoms with Crippen molar-refractivity contribution in [1.82, 2.24) is 15.0 Å². The first-order chi connectivity index (χ1) is 10.2. The number of aryl methyl sites for hydroxylation is 1. The summed E-state index contributed by atoms with van der Waals surface area (Å²) < 4.78 is 13.5. The fourth-order valence-electron chi connectivity index (χ4n) is 2.05. The van der Waals surface area contributed by atoms with Gasteiger partial charge in [-0.3, -0.25) is 0 Å². The van der Waals surface area contributed by atoms with Crippen LogP contribution in [-0.2, 0) is 6.54 Å². The Balaban J connectivity index is 1.72. The van der Waals surface area contributed by atoms with Crippen LogP contribution in [0.15, 0.2) is 48.7 Å². The molecule has 0 unspecified atom stereocenters. The van der Waals surface area contributed by atoms with E-state index in [4.69, 9.17) is 0 Å². The first-order valence-electron chi connectivity index (χ1n) is 6.69. The molecular weight excluding hydrogens is 267 g/mol. The SMILES string of the molecule is Cc1cccc(-c2nc(CNc3ccccc3F)c[nH]2)n1. The van der Waals surface area contributed by atoms with Gasteiger partial charge in [0.1, 0.15) is 11.5 Å². The summed E-state index contributed by atoms with van der Waals surface area (Å²) in [4.78, 5) is 12.0. The second kappa shape index (κ2) is 5.75. The minimum absolute atomic E-state index is 0.270. The molecule has 2 N–H and O–H groups in total. The summed E-state index contributed by atoms with van der Waals surface area (Å²) in [5.41, 5.74) is 3.01. The lowest BCUT2D eigenvalue weighted by Gasteiger charge is -2.04. The molecule has 0 aliphatic rings. The van der Waals surface area contributed by atoms with Crippen molar-refractivity contribution in [3.8, 4) is 11.5 Å². The van der Waals surface area contributed by atoms with Crippen LogP contribution in [0.5, 0.6) is 0 Å². The molecule has 106 valence electrons. The Hall–Kier alpha value is -2.69. The van der Waals surface area contributed by atoms with Crippen molar-refractivity contribution in [3.05, 3.63) is 65.9 Å². The summed E-state index contributed by atoms with van der Waals surface area (Å²) in [6.07, 6.45) is 1.80. The Labute approximate surface area is 122 Å². The number of H-pyrrole nitrogens is 1. The van der Waals surface area contributed by atoms with Crippen molar-refractivity contribution in [2.75, 3.05) is 5.32 Å². The third-order valence-electron chi connectivity index (χ3n) is 3.10. The van der Waals surface area contributed by atoms with Gasteiger partial charge in [0.2, 0.25) is 0 Å². The van der Waals surface area contributed by atoms with Crippen LogP contribution in [0.4, 0.5) is 10.1 Å². The smallest absolute Gasteiger partial charge is 0.156 e. The minimum atomic E-state index is -0.270. The molecule has 0 atom stereocenters. The van der Waals surface area contributed by atoms with Crippen molar-refractivity contribution in [3.63, 3.8) is 0 Å². The van der Waals surface area contributed by atoms with E-state index in [0.29, 0.717) is 18.1 Å². The van der Waals surface area contributed by atoms with Crippen LogP contribution < -0.4 is 5.32 Å². The number of hydrogen-bond acceptors (Lipinski definition) is 3. The molecule has 0 saturated carbocycles. The lowest BCUT2D eigenvalue weighted by molar-refractivity contribution is 0.630. The zero-order valence-electron chi connectivity index (χ0n) is 11.6. The van der Waals surface area contributed by atoms with Crippen LogP contribution in [0.1, 0.15) is 11.4 Å². The Morgan fingerprint density at radius 2 is 1.95 bits per heavy atom. The van der Waals surface area contributed by atoms with Crippen molar-refractivity contribution >= 4 is 5.69 Å². The van der Waals surface area contributed by atoms with E-state index in [1.165, 1.54) is 6.07 Å². The second-order valence-electron chi connectivity index (χ2n) is 4.74. The predicted molar refractivity (Wildman–Crippen MR) is 80.3 cm³/mol. The summed E-state index contributed by atoms with van der Waals surface area (Å²) in [7, 11) is 0. The number of aromatic amines is 1. The zero-order chi connectivity index (χ0) is 14.7. The number of nitrogens with one attached hydrogen (secondary N) is 2. The third kappa shape index (κ3) is 3.08. The number of para-hydroxylation sites is 1. The molecule has 0 amide bonds. The molecule has 0 saturated heterocycles. The lowest BCUT2D eigenvalue weighted by atomic mass is 10.3. The Morgan fingerprint density at radius 1 is 1.10 bits per heavy atom. The van der Waals surface area contributed by atoms with Gasteiger partial charge in [0.15, 0.2) is 5.82 Å². The van der Waals surface area contributed by atoms with Crippen LogP contribution in [-0.4, -0.2) is 15.0 Å². The van der Waals surface area contributed by atoms with Gasteiger partial charge in [0.05, 0.1) is 17.9 Å². The van der Waals surface area contributed by atoms with Gasteiger partial charge >= 0.3 is 0 Å². The van der Waals surface area contributed by atoms with Crippen LogP contribution >= 0.6 is 0 Å². The highest BCUT2D eigenvalue weighted by atomic mass is 19.1. The minimum Gasteiger partial charge on any atom is -0.377 e. The van der Waals surface area contributed by atoms with Gasteiger partial charge in [0.25, 0.3) is 0 Å². The maximum Gasteiger partial charge on any atom is 0.156 e. The fraction of sp³-hybridized carbons (Fsp3) is 0.125. The normalized spacial score (nSPS) is 10.6. The van der Waals surface area contributed by atoms with Gasteiger partial charge in [-0.15, -0.1) is 0 Å². The highest BCUT2D eigenvalue weighted by Crippen LogP contribution is 2.16. The number of imidazole rings is 1. The van der Waals surface area contributed by atoms with Crippen molar-refractivity contribution in [2.45, 2.75) is 13.5 Å².